The van der Waals surface area contributed by atoms with Crippen LogP contribution in [0.1, 0.15) is 37.8 Å². The molecule has 1 N–H and O–H groups in total. The summed E-state index contributed by atoms with van der Waals surface area (Å²) < 4.78 is 8.41. The lowest BCUT2D eigenvalue weighted by Crippen LogP contribution is -2.44. The number of carbonyl (C=O) groups is 2. The van der Waals surface area contributed by atoms with E-state index in [1.54, 1.807) is 11.6 Å². The van der Waals surface area contributed by atoms with Crippen molar-refractivity contribution in [3.63, 3.8) is 0 Å². The molecule has 0 spiro atoms. The van der Waals surface area contributed by atoms with E-state index >= 15 is 0 Å². The Balaban J connectivity index is 1.88. The number of hydrogen-bond donors (Lipinski definition) is 1. The second kappa shape index (κ2) is 7.19. The molecule has 2 heterocycles. The van der Waals surface area contributed by atoms with Crippen LogP contribution in [-0.2, 0) is 27.8 Å². The number of ether oxygens (including phenoxy) is 1. The second-order valence-corrected chi connectivity index (χ2v) is 6.66. The number of carbonyl (C=O) groups excluding carboxylic acids is 2. The van der Waals surface area contributed by atoms with Gasteiger partial charge in [-0.2, -0.15) is 0 Å². The third kappa shape index (κ3) is 3.42. The minimum Gasteiger partial charge on any atom is -0.499 e. The highest BCUT2D eigenvalue weighted by Gasteiger charge is 2.31. The summed E-state index contributed by atoms with van der Waals surface area (Å²) in [5, 5.41) is 2.32. The number of fused-ring (bicyclic) bond motifs is 1. The number of amides is 2. The van der Waals surface area contributed by atoms with Gasteiger partial charge in [0.1, 0.15) is 6.04 Å². The number of nitrogens with zero attached hydrogens (tertiary/aromatic N) is 2. The van der Waals surface area contributed by atoms with Crippen molar-refractivity contribution in [3.05, 3.63) is 46.6 Å². The Kier molecular flexibility index (Phi) is 4.97. The summed E-state index contributed by atoms with van der Waals surface area (Å²) in [4.78, 5) is 36.3. The van der Waals surface area contributed by atoms with Crippen LogP contribution in [0.15, 0.2) is 35.3 Å². The summed E-state index contributed by atoms with van der Waals surface area (Å²) in [5.41, 5.74) is 2.32. The highest BCUT2D eigenvalue weighted by atomic mass is 16.5. The Hall–Kier alpha value is -2.83. The summed E-state index contributed by atoms with van der Waals surface area (Å²) in [6.45, 7) is 6.12. The quantitative estimate of drug-likeness (QED) is 0.485. The molecule has 0 radical (unpaired) electrons. The maximum absolute atomic E-state index is 12.7. The lowest BCUT2D eigenvalue weighted by atomic mass is 10.1. The molecule has 0 aliphatic carbocycles. The van der Waals surface area contributed by atoms with Crippen LogP contribution in [0.2, 0.25) is 0 Å². The number of imidazole rings is 1. The number of allylic oxidation sites excluding steroid dienone is 1. The molecule has 1 aliphatic rings. The van der Waals surface area contributed by atoms with Gasteiger partial charge in [0.15, 0.2) is 0 Å². The summed E-state index contributed by atoms with van der Waals surface area (Å²) in [7, 11) is 1.70. The van der Waals surface area contributed by atoms with Crippen molar-refractivity contribution in [3.8, 4) is 0 Å². The van der Waals surface area contributed by atoms with Gasteiger partial charge in [0.2, 0.25) is 11.8 Å². The Bertz CT molecular complexity index is 938. The van der Waals surface area contributed by atoms with Crippen LogP contribution >= 0.6 is 0 Å². The van der Waals surface area contributed by atoms with Crippen LogP contribution in [0.4, 0.5) is 0 Å². The number of aryl methyl sites for hydroxylation is 2. The topological polar surface area (TPSA) is 82.3 Å². The molecular formula is C19H23N3O4. The molecular weight excluding hydrogens is 334 g/mol. The van der Waals surface area contributed by atoms with Gasteiger partial charge >= 0.3 is 5.69 Å². The van der Waals surface area contributed by atoms with E-state index in [2.05, 4.69) is 11.9 Å². The minimum absolute atomic E-state index is 0.236. The average Bonchev–Trinajstić information content (AvgIpc) is 2.83. The molecule has 1 aromatic heterocycles. The van der Waals surface area contributed by atoms with Gasteiger partial charge in [-0.05, 0) is 43.9 Å². The Labute approximate surface area is 151 Å². The molecule has 2 amide bonds. The van der Waals surface area contributed by atoms with E-state index in [0.717, 1.165) is 23.9 Å². The summed E-state index contributed by atoms with van der Waals surface area (Å²) >= 11 is 0. The molecule has 1 fully saturated rings. The molecule has 0 bridgehead atoms. The number of rotatable bonds is 6. The van der Waals surface area contributed by atoms with E-state index in [9.17, 15) is 14.4 Å². The summed E-state index contributed by atoms with van der Waals surface area (Å²) in [6, 6.07) is 5.15. The van der Waals surface area contributed by atoms with Crippen molar-refractivity contribution in [2.45, 2.75) is 38.6 Å². The normalized spacial score (nSPS) is 17.4. The first kappa shape index (κ1) is 18.0. The predicted octanol–water partition coefficient (Wildman–Crippen LogP) is 1.80. The number of imide groups is 1. The zero-order valence-corrected chi connectivity index (χ0v) is 15.1. The molecule has 1 atom stereocenters. The smallest absolute Gasteiger partial charge is 0.329 e. The number of piperidine rings is 1. The van der Waals surface area contributed by atoms with Crippen LogP contribution in [0.5, 0.6) is 0 Å². The van der Waals surface area contributed by atoms with Crippen LogP contribution in [0.3, 0.4) is 0 Å². The molecule has 138 valence electrons. The van der Waals surface area contributed by atoms with Crippen molar-refractivity contribution < 1.29 is 14.3 Å². The van der Waals surface area contributed by atoms with Gasteiger partial charge in [-0.15, -0.1) is 0 Å². The molecule has 0 saturated carbocycles. The molecule has 7 heteroatoms. The largest absolute Gasteiger partial charge is 0.499 e. The molecule has 1 unspecified atom stereocenters. The number of aromatic nitrogens is 2. The zero-order valence-electron chi connectivity index (χ0n) is 15.1. The standard InChI is InChI=1S/C19H23N3O4/c1-12(2)26-10-4-5-13-6-7-14-16(11-13)21(3)19(25)22(14)15-8-9-17(23)20-18(15)24/h6-7,11,15H,1,4-5,8-10H2,2-3H3,(H,20,23,24). The highest BCUT2D eigenvalue weighted by molar-refractivity contribution is 6.00. The molecule has 7 nitrogen and oxygen atoms in total. The number of benzene rings is 1. The Morgan fingerprint density at radius 1 is 1.31 bits per heavy atom. The third-order valence-corrected chi connectivity index (χ3v) is 4.63. The molecule has 26 heavy (non-hydrogen) atoms. The van der Waals surface area contributed by atoms with E-state index in [-0.39, 0.29) is 18.0 Å². The average molecular weight is 357 g/mol. The van der Waals surface area contributed by atoms with E-state index in [0.29, 0.717) is 24.3 Å². The van der Waals surface area contributed by atoms with Crippen molar-refractivity contribution in [1.29, 1.82) is 0 Å². The van der Waals surface area contributed by atoms with Crippen LogP contribution < -0.4 is 11.0 Å². The van der Waals surface area contributed by atoms with Crippen molar-refractivity contribution >= 4 is 22.8 Å². The van der Waals surface area contributed by atoms with E-state index in [4.69, 9.17) is 4.74 Å². The van der Waals surface area contributed by atoms with Crippen LogP contribution in [0.25, 0.3) is 11.0 Å². The van der Waals surface area contributed by atoms with Crippen LogP contribution in [0, 0.1) is 0 Å². The van der Waals surface area contributed by atoms with Crippen molar-refractivity contribution in [2.24, 2.45) is 7.05 Å². The first-order valence-electron chi connectivity index (χ1n) is 8.70. The fourth-order valence-corrected chi connectivity index (χ4v) is 3.32. The summed E-state index contributed by atoms with van der Waals surface area (Å²) in [6.07, 6.45) is 2.24. The highest BCUT2D eigenvalue weighted by Crippen LogP contribution is 2.24. The van der Waals surface area contributed by atoms with Gasteiger partial charge in [0.25, 0.3) is 0 Å². The lowest BCUT2D eigenvalue weighted by Gasteiger charge is -2.21. The lowest BCUT2D eigenvalue weighted by molar-refractivity contribution is -0.135. The number of hydrogen-bond acceptors (Lipinski definition) is 4. The summed E-state index contributed by atoms with van der Waals surface area (Å²) in [5.74, 6) is -0.0140. The van der Waals surface area contributed by atoms with Gasteiger partial charge < -0.3 is 4.74 Å². The molecule has 1 aromatic carbocycles. The van der Waals surface area contributed by atoms with Gasteiger partial charge in [-0.1, -0.05) is 12.6 Å². The van der Waals surface area contributed by atoms with Gasteiger partial charge in [-0.3, -0.25) is 24.0 Å². The third-order valence-electron chi connectivity index (χ3n) is 4.63. The monoisotopic (exact) mass is 357 g/mol. The predicted molar refractivity (Wildman–Crippen MR) is 97.7 cm³/mol. The fraction of sp³-hybridized carbons (Fsp3) is 0.421. The first-order chi connectivity index (χ1) is 12.4. The first-order valence-corrected chi connectivity index (χ1v) is 8.70. The van der Waals surface area contributed by atoms with E-state index in [1.165, 1.54) is 4.57 Å². The molecule has 2 aromatic rings. The van der Waals surface area contributed by atoms with Gasteiger partial charge in [0.05, 0.1) is 23.4 Å². The number of nitrogens with one attached hydrogen (secondary N) is 1. The van der Waals surface area contributed by atoms with Crippen molar-refractivity contribution in [2.75, 3.05) is 6.61 Å². The molecule has 1 aliphatic heterocycles. The molecule has 1 saturated heterocycles. The van der Waals surface area contributed by atoms with Gasteiger partial charge in [-0.25, -0.2) is 4.79 Å². The maximum atomic E-state index is 12.7. The molecule has 3 rings (SSSR count). The van der Waals surface area contributed by atoms with Crippen molar-refractivity contribution in [1.82, 2.24) is 14.5 Å². The fourth-order valence-electron chi connectivity index (χ4n) is 3.32. The van der Waals surface area contributed by atoms with Crippen LogP contribution in [-0.4, -0.2) is 27.6 Å². The Morgan fingerprint density at radius 3 is 2.77 bits per heavy atom. The van der Waals surface area contributed by atoms with E-state index < -0.39 is 11.9 Å². The van der Waals surface area contributed by atoms with E-state index in [1.807, 2.05) is 25.1 Å². The maximum Gasteiger partial charge on any atom is 0.329 e. The van der Waals surface area contributed by atoms with Gasteiger partial charge in [0, 0.05) is 13.5 Å². The zero-order chi connectivity index (χ0) is 18.8. The minimum atomic E-state index is -0.654. The second-order valence-electron chi connectivity index (χ2n) is 6.66. The Morgan fingerprint density at radius 2 is 2.08 bits per heavy atom. The SMILES string of the molecule is C=C(C)OCCCc1ccc2c(c1)n(C)c(=O)n2C1CCC(=O)NC1=O.